The van der Waals surface area contributed by atoms with E-state index in [9.17, 15) is 0 Å². The summed E-state index contributed by atoms with van der Waals surface area (Å²) in [5.74, 6) is 0. The standard InChI is InChI=1S/C4H6Ge/c1-3-5-4-2/h3-4H,1-2H2. The number of hydrogen-bond donors (Lipinski definition) is 0. The van der Waals surface area contributed by atoms with Gasteiger partial charge in [-0.15, -0.1) is 0 Å². The summed E-state index contributed by atoms with van der Waals surface area (Å²) in [6, 6.07) is 0. The summed E-state index contributed by atoms with van der Waals surface area (Å²) in [4.78, 5) is 3.88. The number of hydrogen-bond acceptors (Lipinski definition) is 0. The Hall–Kier alpha value is 0.0229. The third-order valence-corrected chi connectivity index (χ3v) is 1.22. The Balaban J connectivity index is 2.65. The predicted octanol–water partition coefficient (Wildman–Crippen LogP) is 0.978. The Morgan fingerprint density at radius 2 is 1.60 bits per heavy atom. The van der Waals surface area contributed by atoms with Gasteiger partial charge in [0.15, 0.2) is 0 Å². The van der Waals surface area contributed by atoms with Crippen molar-refractivity contribution in [2.45, 2.75) is 0 Å². The minimum atomic E-state index is 0.0556. The molecule has 0 aromatic heterocycles. The maximum atomic E-state index is 3.53. The van der Waals surface area contributed by atoms with Gasteiger partial charge in [-0.05, 0) is 0 Å². The SMILES string of the molecule is C=[CH][Ge][CH]=C. The average Bonchev–Trinajstić information content (AvgIpc) is 1.41. The molecule has 0 atom stereocenters. The van der Waals surface area contributed by atoms with Crippen LogP contribution in [0.2, 0.25) is 0 Å². The molecule has 0 aliphatic heterocycles. The monoisotopic (exact) mass is 128 g/mol. The van der Waals surface area contributed by atoms with Crippen LogP contribution in [0.25, 0.3) is 0 Å². The Morgan fingerprint density at radius 3 is 1.60 bits per heavy atom. The predicted molar refractivity (Wildman–Crippen MR) is 26.1 cm³/mol. The summed E-state index contributed by atoms with van der Waals surface area (Å²) in [5, 5.41) is 0. The topological polar surface area (TPSA) is 0 Å². The van der Waals surface area contributed by atoms with Crippen LogP contribution < -0.4 is 0 Å². The molecule has 0 bridgehead atoms. The van der Waals surface area contributed by atoms with Crippen molar-refractivity contribution in [3.05, 3.63) is 23.0 Å². The van der Waals surface area contributed by atoms with Crippen molar-refractivity contribution >= 4 is 15.4 Å². The van der Waals surface area contributed by atoms with E-state index in [4.69, 9.17) is 0 Å². The van der Waals surface area contributed by atoms with Crippen LogP contribution in [0.3, 0.4) is 0 Å². The van der Waals surface area contributed by atoms with Gasteiger partial charge in [0, 0.05) is 0 Å². The zero-order valence-electron chi connectivity index (χ0n) is 3.07. The molecule has 0 unspecified atom stereocenters. The second-order valence-electron chi connectivity index (χ2n) is 0.575. The first kappa shape index (κ1) is 5.02. The van der Waals surface area contributed by atoms with Crippen LogP contribution >= 0.6 is 0 Å². The molecule has 0 aromatic rings. The third kappa shape index (κ3) is 4.02. The van der Waals surface area contributed by atoms with Gasteiger partial charge in [-0.3, -0.25) is 0 Å². The first-order valence-corrected chi connectivity index (χ1v) is 3.82. The summed E-state index contributed by atoms with van der Waals surface area (Å²) in [6.45, 7) is 7.07. The van der Waals surface area contributed by atoms with Gasteiger partial charge < -0.3 is 0 Å². The van der Waals surface area contributed by atoms with Gasteiger partial charge in [0.05, 0.1) is 0 Å². The van der Waals surface area contributed by atoms with Crippen LogP contribution in [0.4, 0.5) is 0 Å². The molecule has 0 amide bonds. The van der Waals surface area contributed by atoms with Crippen LogP contribution in [-0.4, -0.2) is 15.4 Å². The molecular formula is C4H6Ge. The molecule has 0 spiro atoms. The zero-order chi connectivity index (χ0) is 4.12. The first-order valence-electron chi connectivity index (χ1n) is 1.39. The summed E-state index contributed by atoms with van der Waals surface area (Å²) in [6.07, 6.45) is 0. The van der Waals surface area contributed by atoms with E-state index in [0.29, 0.717) is 0 Å². The van der Waals surface area contributed by atoms with Crippen molar-refractivity contribution in [1.29, 1.82) is 0 Å². The molecule has 0 rings (SSSR count). The third-order valence-electron chi connectivity index (χ3n) is 0.236. The van der Waals surface area contributed by atoms with Crippen molar-refractivity contribution in [3.8, 4) is 0 Å². The fraction of sp³-hybridized carbons (Fsp3) is 0. The summed E-state index contributed by atoms with van der Waals surface area (Å²) in [5.41, 5.74) is 0. The fourth-order valence-corrected chi connectivity index (χ4v) is 0.433. The molecular weight excluding hydrogens is 121 g/mol. The Morgan fingerprint density at radius 1 is 1.20 bits per heavy atom. The first-order chi connectivity index (χ1) is 2.41. The molecule has 0 heterocycles. The Labute approximate surface area is 39.1 Å². The maximum absolute atomic E-state index is 3.53. The van der Waals surface area contributed by atoms with Gasteiger partial charge in [-0.25, -0.2) is 0 Å². The van der Waals surface area contributed by atoms with Gasteiger partial charge in [0.25, 0.3) is 0 Å². The van der Waals surface area contributed by atoms with Gasteiger partial charge in [-0.1, -0.05) is 0 Å². The van der Waals surface area contributed by atoms with Gasteiger partial charge in [0.2, 0.25) is 0 Å². The molecule has 0 saturated heterocycles. The molecule has 0 aliphatic carbocycles. The van der Waals surface area contributed by atoms with Crippen LogP contribution in [0.15, 0.2) is 23.0 Å². The van der Waals surface area contributed by atoms with E-state index >= 15 is 0 Å². The minimum absolute atomic E-state index is 0.0556. The molecule has 26 valence electrons. The quantitative estimate of drug-likeness (QED) is 0.484. The van der Waals surface area contributed by atoms with Crippen molar-refractivity contribution in [2.24, 2.45) is 0 Å². The molecule has 0 nitrogen and oxygen atoms in total. The summed E-state index contributed by atoms with van der Waals surface area (Å²) < 4.78 is 0. The average molecular weight is 127 g/mol. The van der Waals surface area contributed by atoms with Gasteiger partial charge >= 0.3 is 38.4 Å². The van der Waals surface area contributed by atoms with Crippen molar-refractivity contribution < 1.29 is 0 Å². The van der Waals surface area contributed by atoms with E-state index in [-0.39, 0.29) is 15.4 Å². The van der Waals surface area contributed by atoms with E-state index in [1.807, 2.05) is 9.82 Å². The summed E-state index contributed by atoms with van der Waals surface area (Å²) in [7, 11) is 0. The molecule has 0 fully saturated rings. The second-order valence-corrected chi connectivity index (χ2v) is 2.99. The van der Waals surface area contributed by atoms with E-state index in [2.05, 4.69) is 13.2 Å². The normalized spacial score (nSPS) is 6.40. The zero-order valence-corrected chi connectivity index (χ0v) is 5.17. The van der Waals surface area contributed by atoms with E-state index in [0.717, 1.165) is 0 Å². The Bertz CT molecular complexity index is 32.9. The van der Waals surface area contributed by atoms with Crippen molar-refractivity contribution in [2.75, 3.05) is 0 Å². The van der Waals surface area contributed by atoms with Crippen LogP contribution in [0.1, 0.15) is 0 Å². The molecule has 1 heteroatoms. The van der Waals surface area contributed by atoms with E-state index in [1.165, 1.54) is 0 Å². The number of rotatable bonds is 2. The molecule has 5 heavy (non-hydrogen) atoms. The fourth-order valence-electron chi connectivity index (χ4n) is 0.0833. The van der Waals surface area contributed by atoms with Crippen LogP contribution in [-0.2, 0) is 0 Å². The molecule has 0 aliphatic rings. The van der Waals surface area contributed by atoms with Crippen LogP contribution in [0, 0.1) is 0 Å². The molecule has 0 aromatic carbocycles. The van der Waals surface area contributed by atoms with E-state index < -0.39 is 0 Å². The second kappa shape index (κ2) is 4.02. The summed E-state index contributed by atoms with van der Waals surface area (Å²) >= 11 is 0.0556. The Kier molecular flexibility index (Phi) is 4.04. The molecule has 0 saturated carbocycles. The van der Waals surface area contributed by atoms with Crippen molar-refractivity contribution in [3.63, 3.8) is 0 Å². The molecule has 0 N–H and O–H groups in total. The van der Waals surface area contributed by atoms with Crippen LogP contribution in [0.5, 0.6) is 0 Å². The van der Waals surface area contributed by atoms with Crippen molar-refractivity contribution in [1.82, 2.24) is 0 Å². The van der Waals surface area contributed by atoms with Gasteiger partial charge in [-0.2, -0.15) is 0 Å². The molecule has 2 radical (unpaired) electrons. The van der Waals surface area contributed by atoms with E-state index in [1.54, 1.807) is 0 Å². The van der Waals surface area contributed by atoms with Gasteiger partial charge in [0.1, 0.15) is 0 Å².